The first-order valence-electron chi connectivity index (χ1n) is 6.07. The second kappa shape index (κ2) is 5.64. The molecule has 0 unspecified atom stereocenters. The molecule has 0 aromatic carbocycles. The van der Waals surface area contributed by atoms with Gasteiger partial charge in [0.05, 0.1) is 0 Å². The molecule has 2 rings (SSSR count). The quantitative estimate of drug-likeness (QED) is 0.527. The van der Waals surface area contributed by atoms with E-state index in [1.807, 2.05) is 4.90 Å². The summed E-state index contributed by atoms with van der Waals surface area (Å²) in [6.07, 6.45) is 2.56. The van der Waals surface area contributed by atoms with E-state index in [4.69, 9.17) is 0 Å². The maximum Gasteiger partial charge on any atom is 0.219 e. The summed E-state index contributed by atoms with van der Waals surface area (Å²) in [7, 11) is 0. The summed E-state index contributed by atoms with van der Waals surface area (Å²) in [6, 6.07) is 0.750. The third kappa shape index (κ3) is 3.07. The van der Waals surface area contributed by atoms with Gasteiger partial charge in [-0.1, -0.05) is 0 Å². The number of halogens is 1. The van der Waals surface area contributed by atoms with Crippen LogP contribution in [0.5, 0.6) is 0 Å². The Morgan fingerprint density at radius 2 is 1.62 bits per heavy atom. The molecule has 0 saturated carbocycles. The average Bonchev–Trinajstić information content (AvgIpc) is 2.30. The second-order valence-corrected chi connectivity index (χ2v) is 6.05. The molecule has 5 heteroatoms. The van der Waals surface area contributed by atoms with Gasteiger partial charge in [0.25, 0.3) is 0 Å². The number of amides is 1. The van der Waals surface area contributed by atoms with Crippen molar-refractivity contribution in [3.63, 3.8) is 0 Å². The fraction of sp³-hybridized carbons (Fsp3) is 0.909. The van der Waals surface area contributed by atoms with E-state index < -0.39 is 0 Å². The third-order valence-corrected chi connectivity index (χ3v) is 4.65. The summed E-state index contributed by atoms with van der Waals surface area (Å²) in [5.74, 6) is 0.224. The highest BCUT2D eigenvalue weighted by molar-refractivity contribution is 14.1. The summed E-state index contributed by atoms with van der Waals surface area (Å²) >= 11 is 2.41. The molecule has 92 valence electrons. The Bertz CT molecular complexity index is 246. The molecule has 2 heterocycles. The van der Waals surface area contributed by atoms with Gasteiger partial charge in [-0.3, -0.25) is 9.69 Å². The van der Waals surface area contributed by atoms with Crippen molar-refractivity contribution in [2.45, 2.75) is 25.8 Å². The van der Waals surface area contributed by atoms with Gasteiger partial charge in [-0.05, 0) is 12.8 Å². The Morgan fingerprint density at radius 1 is 1.06 bits per heavy atom. The maximum absolute atomic E-state index is 11.2. The smallest absolute Gasteiger partial charge is 0.219 e. The molecule has 1 amide bonds. The van der Waals surface area contributed by atoms with Crippen molar-refractivity contribution in [2.75, 3.05) is 39.3 Å². The predicted molar refractivity (Wildman–Crippen MR) is 72.4 cm³/mol. The highest BCUT2D eigenvalue weighted by atomic mass is 127. The van der Waals surface area contributed by atoms with E-state index in [9.17, 15) is 4.79 Å². The van der Waals surface area contributed by atoms with Gasteiger partial charge in [0.2, 0.25) is 5.91 Å². The van der Waals surface area contributed by atoms with Gasteiger partial charge in [0.1, 0.15) is 0 Å². The number of rotatable bonds is 1. The highest BCUT2D eigenvalue weighted by Gasteiger charge is 2.27. The van der Waals surface area contributed by atoms with E-state index in [1.54, 1.807) is 6.92 Å². The van der Waals surface area contributed by atoms with Crippen molar-refractivity contribution < 1.29 is 4.79 Å². The largest absolute Gasteiger partial charge is 0.340 e. The van der Waals surface area contributed by atoms with Gasteiger partial charge in [-0.2, -0.15) is 0 Å². The van der Waals surface area contributed by atoms with Crippen molar-refractivity contribution >= 4 is 28.8 Å². The minimum absolute atomic E-state index is 0.224. The molecule has 0 aromatic rings. The lowest BCUT2D eigenvalue weighted by Crippen LogP contribution is -2.53. The van der Waals surface area contributed by atoms with E-state index in [2.05, 4.69) is 30.9 Å². The van der Waals surface area contributed by atoms with Crippen molar-refractivity contribution in [2.24, 2.45) is 0 Å². The Hall–Kier alpha value is 0.120. The lowest BCUT2D eigenvalue weighted by atomic mass is 10.0. The Morgan fingerprint density at radius 3 is 2.12 bits per heavy atom. The Labute approximate surface area is 111 Å². The van der Waals surface area contributed by atoms with Crippen molar-refractivity contribution in [1.82, 2.24) is 12.9 Å². The van der Waals surface area contributed by atoms with Crippen LogP contribution in [0.2, 0.25) is 0 Å². The Kier molecular flexibility index (Phi) is 4.43. The molecule has 0 N–H and O–H groups in total. The van der Waals surface area contributed by atoms with Gasteiger partial charge < -0.3 is 4.90 Å². The van der Waals surface area contributed by atoms with Crippen molar-refractivity contribution in [3.05, 3.63) is 0 Å². The highest BCUT2D eigenvalue weighted by Crippen LogP contribution is 2.20. The van der Waals surface area contributed by atoms with Crippen LogP contribution < -0.4 is 0 Å². The standard InChI is InChI=1S/C11H20IN3O/c1-10(16)13-6-8-14(9-7-13)11-2-4-15(12)5-3-11/h11H,2-9H2,1H3. The zero-order chi connectivity index (χ0) is 11.5. The molecule has 2 aliphatic heterocycles. The summed E-state index contributed by atoms with van der Waals surface area (Å²) < 4.78 is 2.38. The van der Waals surface area contributed by atoms with E-state index >= 15 is 0 Å². The van der Waals surface area contributed by atoms with Crippen LogP contribution in [0, 0.1) is 0 Å². The normalized spacial score (nSPS) is 26.0. The SMILES string of the molecule is CC(=O)N1CCN(C2CCN(I)CC2)CC1. The van der Waals surface area contributed by atoms with Gasteiger partial charge in [-0.25, -0.2) is 3.11 Å². The number of piperidine rings is 1. The molecule has 0 aromatic heterocycles. The van der Waals surface area contributed by atoms with Gasteiger partial charge >= 0.3 is 0 Å². The molecular weight excluding hydrogens is 317 g/mol. The van der Waals surface area contributed by atoms with Crippen LogP contribution in [-0.2, 0) is 4.79 Å². The average molecular weight is 337 g/mol. The van der Waals surface area contributed by atoms with Crippen LogP contribution in [0.4, 0.5) is 0 Å². The number of piperazine rings is 1. The number of nitrogens with zero attached hydrogens (tertiary/aromatic N) is 3. The van der Waals surface area contributed by atoms with Gasteiger partial charge in [0.15, 0.2) is 0 Å². The molecule has 2 saturated heterocycles. The lowest BCUT2D eigenvalue weighted by molar-refractivity contribution is -0.131. The molecular formula is C11H20IN3O. The van der Waals surface area contributed by atoms with E-state index in [0.29, 0.717) is 0 Å². The lowest BCUT2D eigenvalue weighted by Gasteiger charge is -2.41. The first-order chi connectivity index (χ1) is 7.66. The zero-order valence-corrected chi connectivity index (χ0v) is 12.0. The number of carbonyl (C=O) groups is 1. The monoisotopic (exact) mass is 337 g/mol. The first-order valence-corrected chi connectivity index (χ1v) is 7.03. The van der Waals surface area contributed by atoms with Crippen LogP contribution in [0.1, 0.15) is 19.8 Å². The summed E-state index contributed by atoms with van der Waals surface area (Å²) in [5, 5.41) is 0. The number of hydrogen-bond acceptors (Lipinski definition) is 3. The molecule has 0 spiro atoms. The first kappa shape index (κ1) is 12.6. The van der Waals surface area contributed by atoms with E-state index in [1.165, 1.54) is 25.9 Å². The minimum atomic E-state index is 0.224. The topological polar surface area (TPSA) is 26.8 Å². The van der Waals surface area contributed by atoms with Crippen molar-refractivity contribution in [3.8, 4) is 0 Å². The minimum Gasteiger partial charge on any atom is -0.340 e. The molecule has 16 heavy (non-hydrogen) atoms. The summed E-state index contributed by atoms with van der Waals surface area (Å²) in [5.41, 5.74) is 0. The van der Waals surface area contributed by atoms with Crippen LogP contribution >= 0.6 is 22.9 Å². The summed E-state index contributed by atoms with van der Waals surface area (Å²) in [4.78, 5) is 15.8. The van der Waals surface area contributed by atoms with Gasteiger partial charge in [-0.15, -0.1) is 0 Å². The van der Waals surface area contributed by atoms with E-state index in [0.717, 1.165) is 32.2 Å². The molecule has 2 fully saturated rings. The molecule has 2 aliphatic rings. The molecule has 4 nitrogen and oxygen atoms in total. The third-order valence-electron chi connectivity index (χ3n) is 3.69. The van der Waals surface area contributed by atoms with Gasteiger partial charge in [0, 0.05) is 75.1 Å². The molecule has 0 atom stereocenters. The summed E-state index contributed by atoms with van der Waals surface area (Å²) in [6.45, 7) is 8.04. The number of hydrogen-bond donors (Lipinski definition) is 0. The second-order valence-electron chi connectivity index (χ2n) is 4.68. The molecule has 0 bridgehead atoms. The van der Waals surface area contributed by atoms with E-state index in [-0.39, 0.29) is 5.91 Å². The predicted octanol–water partition coefficient (Wildman–Crippen LogP) is 0.965. The zero-order valence-electron chi connectivity index (χ0n) is 9.86. The molecule has 0 aliphatic carbocycles. The van der Waals surface area contributed by atoms with Crippen molar-refractivity contribution in [1.29, 1.82) is 0 Å². The fourth-order valence-electron chi connectivity index (χ4n) is 2.60. The number of carbonyl (C=O) groups excluding carboxylic acids is 1. The van der Waals surface area contributed by atoms with Crippen LogP contribution in [0.25, 0.3) is 0 Å². The molecule has 0 radical (unpaired) electrons. The van der Waals surface area contributed by atoms with Crippen LogP contribution in [-0.4, -0.2) is 64.1 Å². The Balaban J connectivity index is 1.78. The fourth-order valence-corrected chi connectivity index (χ4v) is 3.16. The van der Waals surface area contributed by atoms with Crippen LogP contribution in [0.15, 0.2) is 0 Å². The maximum atomic E-state index is 11.2. The van der Waals surface area contributed by atoms with Crippen LogP contribution in [0.3, 0.4) is 0 Å².